The summed E-state index contributed by atoms with van der Waals surface area (Å²) in [5, 5.41) is 20.8. The zero-order valence-electron chi connectivity index (χ0n) is 23.8. The smallest absolute Gasteiger partial charge is 0.345 e. The van der Waals surface area contributed by atoms with E-state index in [0.717, 1.165) is 0 Å². The van der Waals surface area contributed by atoms with Crippen molar-refractivity contribution in [3.63, 3.8) is 0 Å². The standard InChI is InChI=1S/C32H32N2O8/c1-5-31(3,41-18(2)35)22-13-23-28(36)27-25(15-24(39-30(27)38)21-7-6-12-34-17-21)42-32(23,4)26(14-22)40-29(37)20-10-8-19(16-33)9-11-20/h6-12,15,17,22-23,26,28,36H,5,13-14H2,1-4H3/t22-,23-,26-,28-,31?,32-/m0/s1. The van der Waals surface area contributed by atoms with Crippen molar-refractivity contribution in [2.45, 2.75) is 70.4 Å². The molecule has 42 heavy (non-hydrogen) atoms. The van der Waals surface area contributed by atoms with Crippen LogP contribution in [-0.4, -0.2) is 39.3 Å². The zero-order chi connectivity index (χ0) is 30.2. The molecule has 1 saturated carbocycles. The van der Waals surface area contributed by atoms with Gasteiger partial charge in [0, 0.05) is 42.8 Å². The van der Waals surface area contributed by atoms with Gasteiger partial charge in [-0.3, -0.25) is 9.78 Å². The summed E-state index contributed by atoms with van der Waals surface area (Å²) in [6.07, 6.45) is 1.99. The molecule has 0 bridgehead atoms. The van der Waals surface area contributed by atoms with Crippen LogP contribution in [0.2, 0.25) is 0 Å². The lowest BCUT2D eigenvalue weighted by molar-refractivity contribution is -0.197. The third-order valence-electron chi connectivity index (χ3n) is 8.76. The van der Waals surface area contributed by atoms with Crippen molar-refractivity contribution >= 4 is 11.9 Å². The fraction of sp³-hybridized carbons (Fsp3) is 0.406. The Morgan fingerprint density at radius 1 is 1.24 bits per heavy atom. The van der Waals surface area contributed by atoms with E-state index in [0.29, 0.717) is 24.0 Å². The Morgan fingerprint density at radius 2 is 1.98 bits per heavy atom. The average molecular weight is 573 g/mol. The number of carbonyl (C=O) groups is 2. The minimum atomic E-state index is -1.31. The van der Waals surface area contributed by atoms with Gasteiger partial charge in [-0.05, 0) is 69.5 Å². The van der Waals surface area contributed by atoms with Crippen LogP contribution in [0.3, 0.4) is 0 Å². The molecular weight excluding hydrogens is 540 g/mol. The molecule has 1 unspecified atom stereocenters. The van der Waals surface area contributed by atoms with E-state index in [2.05, 4.69) is 4.98 Å². The molecular formula is C32H32N2O8. The average Bonchev–Trinajstić information content (AvgIpc) is 2.97. The van der Waals surface area contributed by atoms with Gasteiger partial charge in [0.05, 0.1) is 23.3 Å². The molecule has 0 saturated heterocycles. The SMILES string of the molecule is CCC(C)(OC(C)=O)[C@@H]1C[C@H](OC(=O)c2ccc(C#N)cc2)[C@@]2(C)Oc3cc(-c4cccnc4)oc(=O)c3[C@@H](O)[C@@H]2C1. The number of hydrogen-bond donors (Lipinski definition) is 1. The Hall–Kier alpha value is -4.49. The predicted molar refractivity (Wildman–Crippen MR) is 149 cm³/mol. The van der Waals surface area contributed by atoms with E-state index < -0.39 is 46.9 Å². The first-order chi connectivity index (χ1) is 20.0. The molecule has 2 aliphatic rings. The zero-order valence-corrected chi connectivity index (χ0v) is 23.8. The highest BCUT2D eigenvalue weighted by Gasteiger charge is 2.60. The third kappa shape index (κ3) is 5.16. The van der Waals surface area contributed by atoms with Gasteiger partial charge < -0.3 is 23.7 Å². The summed E-state index contributed by atoms with van der Waals surface area (Å²) in [4.78, 5) is 42.7. The van der Waals surface area contributed by atoms with Crippen LogP contribution in [0, 0.1) is 23.2 Å². The summed E-state index contributed by atoms with van der Waals surface area (Å²) in [6.45, 7) is 6.80. The number of carbonyl (C=O) groups excluding carboxylic acids is 2. The number of aromatic nitrogens is 1. The lowest BCUT2D eigenvalue weighted by atomic mass is 9.61. The van der Waals surface area contributed by atoms with Crippen LogP contribution in [0.25, 0.3) is 11.3 Å². The van der Waals surface area contributed by atoms with E-state index in [4.69, 9.17) is 23.9 Å². The number of nitriles is 1. The van der Waals surface area contributed by atoms with Crippen LogP contribution < -0.4 is 10.4 Å². The molecule has 1 aromatic carbocycles. The van der Waals surface area contributed by atoms with Gasteiger partial charge in [-0.2, -0.15) is 5.26 Å². The molecule has 3 heterocycles. The number of hydrogen-bond acceptors (Lipinski definition) is 10. The highest BCUT2D eigenvalue weighted by Crippen LogP contribution is 2.54. The summed E-state index contributed by atoms with van der Waals surface area (Å²) < 4.78 is 24.0. The molecule has 10 heteroatoms. The topological polar surface area (TPSA) is 149 Å². The summed E-state index contributed by atoms with van der Waals surface area (Å²) >= 11 is 0. The molecule has 3 aromatic rings. The van der Waals surface area contributed by atoms with Crippen LogP contribution in [-0.2, 0) is 14.3 Å². The van der Waals surface area contributed by atoms with Crippen molar-refractivity contribution in [2.24, 2.45) is 11.8 Å². The van der Waals surface area contributed by atoms with E-state index in [1.165, 1.54) is 31.2 Å². The van der Waals surface area contributed by atoms with Gasteiger partial charge in [-0.1, -0.05) is 6.92 Å². The second-order valence-electron chi connectivity index (χ2n) is 11.3. The minimum Gasteiger partial charge on any atom is -0.482 e. The Balaban J connectivity index is 1.57. The summed E-state index contributed by atoms with van der Waals surface area (Å²) in [6, 6.07) is 13.1. The van der Waals surface area contributed by atoms with Gasteiger partial charge in [0.15, 0.2) is 0 Å². The predicted octanol–water partition coefficient (Wildman–Crippen LogP) is 4.74. The largest absolute Gasteiger partial charge is 0.482 e. The van der Waals surface area contributed by atoms with Crippen LogP contribution >= 0.6 is 0 Å². The Morgan fingerprint density at radius 3 is 2.60 bits per heavy atom. The van der Waals surface area contributed by atoms with Crippen molar-refractivity contribution in [1.82, 2.24) is 4.98 Å². The quantitative estimate of drug-likeness (QED) is 0.410. The molecule has 0 radical (unpaired) electrons. The molecule has 0 amide bonds. The number of aliphatic hydroxyl groups excluding tert-OH is 1. The van der Waals surface area contributed by atoms with Gasteiger partial charge >= 0.3 is 17.6 Å². The molecule has 218 valence electrons. The number of rotatable bonds is 6. The minimum absolute atomic E-state index is 0.0198. The number of benzene rings is 1. The molecule has 1 fully saturated rings. The van der Waals surface area contributed by atoms with Crippen molar-refractivity contribution in [2.75, 3.05) is 0 Å². The van der Waals surface area contributed by atoms with Crippen molar-refractivity contribution in [1.29, 1.82) is 5.26 Å². The van der Waals surface area contributed by atoms with Crippen LogP contribution in [0.1, 0.15) is 74.5 Å². The maximum absolute atomic E-state index is 13.4. The highest BCUT2D eigenvalue weighted by atomic mass is 16.6. The monoisotopic (exact) mass is 572 g/mol. The normalized spacial score (nSPS) is 25.9. The van der Waals surface area contributed by atoms with Gasteiger partial charge in [-0.15, -0.1) is 0 Å². The molecule has 1 aliphatic carbocycles. The second kappa shape index (κ2) is 11.1. The molecule has 1 aliphatic heterocycles. The van der Waals surface area contributed by atoms with E-state index in [-0.39, 0.29) is 35.0 Å². The molecule has 10 nitrogen and oxygen atoms in total. The van der Waals surface area contributed by atoms with E-state index >= 15 is 0 Å². The fourth-order valence-corrected chi connectivity index (χ4v) is 6.19. The molecule has 5 rings (SSSR count). The molecule has 2 aromatic heterocycles. The summed E-state index contributed by atoms with van der Waals surface area (Å²) in [7, 11) is 0. The first-order valence-electron chi connectivity index (χ1n) is 13.8. The molecule has 0 spiro atoms. The van der Waals surface area contributed by atoms with Crippen LogP contribution in [0.5, 0.6) is 5.75 Å². The second-order valence-corrected chi connectivity index (χ2v) is 11.3. The van der Waals surface area contributed by atoms with Crippen LogP contribution in [0.4, 0.5) is 0 Å². The Kier molecular flexibility index (Phi) is 7.64. The number of pyridine rings is 1. The highest BCUT2D eigenvalue weighted by molar-refractivity contribution is 5.89. The number of esters is 2. The maximum Gasteiger partial charge on any atom is 0.345 e. The number of ether oxygens (including phenoxy) is 3. The van der Waals surface area contributed by atoms with E-state index in [1.807, 2.05) is 19.9 Å². The van der Waals surface area contributed by atoms with E-state index in [9.17, 15) is 19.5 Å². The van der Waals surface area contributed by atoms with Crippen molar-refractivity contribution in [3.05, 3.63) is 82.0 Å². The molecule has 6 atom stereocenters. The third-order valence-corrected chi connectivity index (χ3v) is 8.76. The van der Waals surface area contributed by atoms with Gasteiger partial charge in [0.1, 0.15) is 34.4 Å². The number of aliphatic hydroxyl groups is 1. The van der Waals surface area contributed by atoms with Crippen molar-refractivity contribution < 1.29 is 33.3 Å². The van der Waals surface area contributed by atoms with Gasteiger partial charge in [-0.25, -0.2) is 9.59 Å². The lowest BCUT2D eigenvalue weighted by Gasteiger charge is -2.54. The number of fused-ring (bicyclic) bond motifs is 2. The Bertz CT molecular complexity index is 1600. The number of nitrogens with zero attached hydrogens (tertiary/aromatic N) is 2. The van der Waals surface area contributed by atoms with E-state index in [1.54, 1.807) is 37.5 Å². The van der Waals surface area contributed by atoms with Crippen LogP contribution in [0.15, 0.2) is 64.1 Å². The first kappa shape index (κ1) is 29.0. The van der Waals surface area contributed by atoms with Gasteiger partial charge in [0.25, 0.3) is 0 Å². The Labute approximate surface area is 242 Å². The fourth-order valence-electron chi connectivity index (χ4n) is 6.19. The summed E-state index contributed by atoms with van der Waals surface area (Å²) in [5.41, 5.74) is -1.76. The maximum atomic E-state index is 13.4. The lowest BCUT2D eigenvalue weighted by Crippen LogP contribution is -2.63. The van der Waals surface area contributed by atoms with Crippen molar-refractivity contribution in [3.8, 4) is 23.1 Å². The first-order valence-corrected chi connectivity index (χ1v) is 13.8. The van der Waals surface area contributed by atoms with Gasteiger partial charge in [0.2, 0.25) is 0 Å². The summed E-state index contributed by atoms with van der Waals surface area (Å²) in [5.74, 6) is -1.79. The molecule has 1 N–H and O–H groups in total.